The Labute approximate surface area is 154 Å². The number of hydrogen-bond donors (Lipinski definition) is 3. The Kier molecular flexibility index (Phi) is 5.11. The second kappa shape index (κ2) is 7.65. The van der Waals surface area contributed by atoms with Crippen LogP contribution in [0.5, 0.6) is 5.75 Å². The van der Waals surface area contributed by atoms with Crippen LogP contribution >= 0.6 is 0 Å². The number of methoxy groups -OCH3 is 1. The summed E-state index contributed by atoms with van der Waals surface area (Å²) in [5.74, 6) is 0.0838. The summed E-state index contributed by atoms with van der Waals surface area (Å²) < 4.78 is 18.6. The molecule has 0 saturated heterocycles. The molecule has 0 spiro atoms. The summed E-state index contributed by atoms with van der Waals surface area (Å²) in [7, 11) is 3.01. The van der Waals surface area contributed by atoms with Crippen LogP contribution in [0.3, 0.4) is 0 Å². The minimum Gasteiger partial charge on any atom is -0.494 e. The molecule has 0 bridgehead atoms. The number of amides is 1. The van der Waals surface area contributed by atoms with E-state index in [0.29, 0.717) is 28.5 Å². The highest BCUT2D eigenvalue weighted by Crippen LogP contribution is 2.36. The molecule has 0 aliphatic carbocycles. The van der Waals surface area contributed by atoms with Gasteiger partial charge in [0.1, 0.15) is 11.5 Å². The van der Waals surface area contributed by atoms with Crippen molar-refractivity contribution in [3.63, 3.8) is 0 Å². The van der Waals surface area contributed by atoms with Crippen LogP contribution in [-0.4, -0.2) is 35.0 Å². The van der Waals surface area contributed by atoms with Crippen LogP contribution in [0.1, 0.15) is 10.5 Å². The summed E-state index contributed by atoms with van der Waals surface area (Å²) >= 11 is 0. The highest BCUT2D eigenvalue weighted by Gasteiger charge is 2.15. The van der Waals surface area contributed by atoms with E-state index in [0.717, 1.165) is 12.4 Å². The lowest BCUT2D eigenvalue weighted by Gasteiger charge is -2.15. The minimum atomic E-state index is -0.527. The van der Waals surface area contributed by atoms with Gasteiger partial charge in [-0.15, -0.1) is 0 Å². The zero-order valence-corrected chi connectivity index (χ0v) is 14.7. The van der Waals surface area contributed by atoms with Gasteiger partial charge in [0.25, 0.3) is 5.91 Å². The van der Waals surface area contributed by atoms with Gasteiger partial charge in [0.2, 0.25) is 0 Å². The topological polar surface area (TPSA) is 115 Å². The van der Waals surface area contributed by atoms with Gasteiger partial charge in [0, 0.05) is 18.8 Å². The normalized spacial score (nSPS) is 10.3. The molecule has 1 aromatic carbocycles. The van der Waals surface area contributed by atoms with Crippen molar-refractivity contribution in [2.45, 2.75) is 0 Å². The Balaban J connectivity index is 2.01. The van der Waals surface area contributed by atoms with Gasteiger partial charge >= 0.3 is 0 Å². The predicted octanol–water partition coefficient (Wildman–Crippen LogP) is 2.37. The van der Waals surface area contributed by atoms with Gasteiger partial charge in [-0.1, -0.05) is 6.07 Å². The maximum Gasteiger partial charge on any atom is 0.269 e. The number of carbonyl (C=O) groups excluding carboxylic acids is 1. The van der Waals surface area contributed by atoms with E-state index < -0.39 is 5.82 Å². The monoisotopic (exact) mass is 368 g/mol. The molecule has 0 aliphatic heterocycles. The van der Waals surface area contributed by atoms with Gasteiger partial charge in [-0.25, -0.2) is 19.3 Å². The predicted molar refractivity (Wildman–Crippen MR) is 99.3 cm³/mol. The summed E-state index contributed by atoms with van der Waals surface area (Å²) in [4.78, 5) is 23.8. The molecule has 8 nitrogen and oxygen atoms in total. The van der Waals surface area contributed by atoms with E-state index in [-0.39, 0.29) is 17.4 Å². The molecule has 2 aromatic heterocycles. The number of benzene rings is 1. The van der Waals surface area contributed by atoms with Crippen LogP contribution in [0.2, 0.25) is 0 Å². The molecule has 3 aromatic rings. The molecule has 0 unspecified atom stereocenters. The Bertz CT molecular complexity index is 978. The Morgan fingerprint density at radius 2 is 1.96 bits per heavy atom. The fourth-order valence-corrected chi connectivity index (χ4v) is 2.51. The molecular formula is C18H17FN6O2. The number of para-hydroxylation sites is 1. The number of pyridine rings is 1. The molecule has 9 heteroatoms. The number of nitrogens with zero attached hydrogens (tertiary/aromatic N) is 3. The molecule has 0 atom stereocenters. The zero-order chi connectivity index (χ0) is 19.4. The van der Waals surface area contributed by atoms with Crippen molar-refractivity contribution in [2.75, 3.05) is 25.2 Å². The number of rotatable bonds is 5. The van der Waals surface area contributed by atoms with Gasteiger partial charge < -0.3 is 21.1 Å². The average Bonchev–Trinajstić information content (AvgIpc) is 2.67. The van der Waals surface area contributed by atoms with Gasteiger partial charge in [0.15, 0.2) is 17.4 Å². The molecule has 27 heavy (non-hydrogen) atoms. The molecular weight excluding hydrogens is 351 g/mol. The van der Waals surface area contributed by atoms with Gasteiger partial charge in [-0.05, 0) is 18.2 Å². The highest BCUT2D eigenvalue weighted by atomic mass is 19.1. The van der Waals surface area contributed by atoms with Gasteiger partial charge in [-0.2, -0.15) is 0 Å². The first-order valence-corrected chi connectivity index (χ1v) is 7.93. The van der Waals surface area contributed by atoms with E-state index in [1.807, 2.05) is 0 Å². The lowest BCUT2D eigenvalue weighted by molar-refractivity contribution is 0.0958. The SMILES string of the molecule is CNC(=O)c1cc(Nc2cccc(-c3ncc(F)cn3)c2OC)cc(N)n1. The first kappa shape index (κ1) is 18.1. The fraction of sp³-hybridized carbons (Fsp3) is 0.111. The summed E-state index contributed by atoms with van der Waals surface area (Å²) in [5.41, 5.74) is 7.70. The lowest BCUT2D eigenvalue weighted by atomic mass is 10.1. The smallest absolute Gasteiger partial charge is 0.269 e. The summed E-state index contributed by atoms with van der Waals surface area (Å²) in [5, 5.41) is 5.65. The number of anilines is 3. The van der Waals surface area contributed by atoms with E-state index in [1.165, 1.54) is 14.2 Å². The molecule has 4 N–H and O–H groups in total. The third kappa shape index (κ3) is 3.92. The third-order valence-corrected chi connectivity index (χ3v) is 3.66. The summed E-state index contributed by atoms with van der Waals surface area (Å²) in [6.45, 7) is 0. The fourth-order valence-electron chi connectivity index (χ4n) is 2.51. The second-order valence-corrected chi connectivity index (χ2v) is 5.48. The van der Waals surface area contributed by atoms with Gasteiger partial charge in [-0.3, -0.25) is 4.79 Å². The standard InChI is InChI=1S/C18H17FN6O2/c1-21-18(26)14-6-11(7-15(20)25-14)24-13-5-3-4-12(16(13)27-2)17-22-8-10(19)9-23-17/h3-9H,1-2H3,(H,21,26)(H3,20,24,25). The van der Waals surface area contributed by atoms with Crippen molar-refractivity contribution in [1.29, 1.82) is 0 Å². The number of aromatic nitrogens is 3. The molecule has 1 amide bonds. The van der Waals surface area contributed by atoms with Crippen molar-refractivity contribution >= 4 is 23.1 Å². The van der Waals surface area contributed by atoms with Crippen molar-refractivity contribution in [1.82, 2.24) is 20.3 Å². The number of carbonyl (C=O) groups is 1. The first-order chi connectivity index (χ1) is 13.0. The number of hydrogen-bond acceptors (Lipinski definition) is 7. The molecule has 138 valence electrons. The number of nitrogens with one attached hydrogen (secondary N) is 2. The summed E-state index contributed by atoms with van der Waals surface area (Å²) in [6, 6.07) is 8.47. The van der Waals surface area contributed by atoms with Crippen molar-refractivity contribution in [3.8, 4) is 17.1 Å². The maximum absolute atomic E-state index is 13.1. The minimum absolute atomic E-state index is 0.178. The average molecular weight is 368 g/mol. The van der Waals surface area contributed by atoms with Crippen molar-refractivity contribution < 1.29 is 13.9 Å². The van der Waals surface area contributed by atoms with Gasteiger partial charge in [0.05, 0.1) is 30.8 Å². The Morgan fingerprint density at radius 3 is 2.63 bits per heavy atom. The van der Waals surface area contributed by atoms with E-state index in [2.05, 4.69) is 25.6 Å². The van der Waals surface area contributed by atoms with Crippen molar-refractivity contribution in [3.05, 3.63) is 54.2 Å². The lowest BCUT2D eigenvalue weighted by Crippen LogP contribution is -2.19. The van der Waals surface area contributed by atoms with Crippen LogP contribution in [-0.2, 0) is 0 Å². The largest absolute Gasteiger partial charge is 0.494 e. The molecule has 0 saturated carbocycles. The van der Waals surface area contributed by atoms with Crippen LogP contribution in [0.15, 0.2) is 42.7 Å². The Morgan fingerprint density at radius 1 is 1.22 bits per heavy atom. The van der Waals surface area contributed by atoms with E-state index in [9.17, 15) is 9.18 Å². The molecule has 0 radical (unpaired) electrons. The molecule has 3 rings (SSSR count). The van der Waals surface area contributed by atoms with Crippen LogP contribution in [0.4, 0.5) is 21.6 Å². The van der Waals surface area contributed by atoms with Crippen LogP contribution < -0.4 is 21.1 Å². The van der Waals surface area contributed by atoms with E-state index in [4.69, 9.17) is 10.5 Å². The van der Waals surface area contributed by atoms with Crippen molar-refractivity contribution in [2.24, 2.45) is 0 Å². The highest BCUT2D eigenvalue weighted by molar-refractivity contribution is 5.93. The van der Waals surface area contributed by atoms with E-state index >= 15 is 0 Å². The Hall–Kier alpha value is -3.75. The number of halogens is 1. The number of nitrogen functional groups attached to an aromatic ring is 1. The third-order valence-electron chi connectivity index (χ3n) is 3.66. The number of ether oxygens (including phenoxy) is 1. The molecule has 0 fully saturated rings. The zero-order valence-electron chi connectivity index (χ0n) is 14.7. The quantitative estimate of drug-likeness (QED) is 0.633. The first-order valence-electron chi connectivity index (χ1n) is 7.93. The molecule has 2 heterocycles. The van der Waals surface area contributed by atoms with Crippen LogP contribution in [0.25, 0.3) is 11.4 Å². The number of nitrogens with two attached hydrogens (primary N) is 1. The summed E-state index contributed by atoms with van der Waals surface area (Å²) in [6.07, 6.45) is 2.17. The van der Waals surface area contributed by atoms with E-state index in [1.54, 1.807) is 30.3 Å². The maximum atomic E-state index is 13.1. The van der Waals surface area contributed by atoms with Crippen LogP contribution in [0, 0.1) is 5.82 Å². The second-order valence-electron chi connectivity index (χ2n) is 5.48. The molecule has 0 aliphatic rings.